The summed E-state index contributed by atoms with van der Waals surface area (Å²) in [5.41, 5.74) is 1.67. The highest BCUT2D eigenvalue weighted by Crippen LogP contribution is 2.43. The maximum Gasteiger partial charge on any atom is 0.134 e. The van der Waals surface area contributed by atoms with E-state index in [1.54, 1.807) is 12.1 Å². The van der Waals surface area contributed by atoms with E-state index in [0.717, 1.165) is 30.4 Å². The maximum atomic E-state index is 9.92. The lowest BCUT2D eigenvalue weighted by molar-refractivity contribution is 0.471. The van der Waals surface area contributed by atoms with Crippen molar-refractivity contribution in [2.24, 2.45) is 0 Å². The van der Waals surface area contributed by atoms with Crippen LogP contribution in [0.15, 0.2) is 48.6 Å². The minimum Gasteiger partial charge on any atom is -0.506 e. The molecule has 2 aromatic rings. The predicted octanol–water partition coefficient (Wildman–Crippen LogP) is 7.77. The second-order valence-electron chi connectivity index (χ2n) is 7.72. The summed E-state index contributed by atoms with van der Waals surface area (Å²) in [6, 6.07) is 10.9. The van der Waals surface area contributed by atoms with E-state index in [0.29, 0.717) is 10.0 Å². The Hall–Kier alpha value is -1.64. The average molecular weight is 419 g/mol. The zero-order valence-electron chi connectivity index (χ0n) is 16.1. The molecule has 1 aliphatic rings. The molecule has 0 aliphatic heterocycles. The van der Waals surface area contributed by atoms with E-state index in [1.807, 2.05) is 24.3 Å². The van der Waals surface area contributed by atoms with Crippen LogP contribution in [0.3, 0.4) is 0 Å². The Kier molecular flexibility index (Phi) is 7.31. The summed E-state index contributed by atoms with van der Waals surface area (Å²) in [5, 5.41) is 20.5. The van der Waals surface area contributed by atoms with Gasteiger partial charge < -0.3 is 10.2 Å². The van der Waals surface area contributed by atoms with E-state index in [1.165, 1.54) is 38.5 Å². The van der Waals surface area contributed by atoms with Crippen LogP contribution in [0.25, 0.3) is 0 Å². The molecular weight excluding hydrogens is 391 g/mol. The van der Waals surface area contributed by atoms with E-state index in [2.05, 4.69) is 12.2 Å². The summed E-state index contributed by atoms with van der Waals surface area (Å²) < 4.78 is 0. The van der Waals surface area contributed by atoms with Gasteiger partial charge in [-0.1, -0.05) is 86.0 Å². The molecule has 2 N–H and O–H groups in total. The topological polar surface area (TPSA) is 40.5 Å². The van der Waals surface area contributed by atoms with Gasteiger partial charge >= 0.3 is 0 Å². The first kappa shape index (κ1) is 21.1. The average Bonchev–Trinajstić information content (AvgIpc) is 2.67. The molecule has 0 aromatic heterocycles. The monoisotopic (exact) mass is 418 g/mol. The number of hydrogen-bond donors (Lipinski definition) is 2. The van der Waals surface area contributed by atoms with E-state index < -0.39 is 5.41 Å². The zero-order chi connectivity index (χ0) is 20.0. The largest absolute Gasteiger partial charge is 0.506 e. The van der Waals surface area contributed by atoms with Crippen molar-refractivity contribution in [1.29, 1.82) is 0 Å². The Balaban J connectivity index is 2.12. The van der Waals surface area contributed by atoms with Crippen LogP contribution in [0.2, 0.25) is 10.0 Å². The molecule has 0 saturated carbocycles. The number of hydrogen-bond acceptors (Lipinski definition) is 2. The number of halogens is 2. The van der Waals surface area contributed by atoms with E-state index in [9.17, 15) is 10.2 Å². The molecule has 1 aliphatic carbocycles. The lowest BCUT2D eigenvalue weighted by atomic mass is 9.70. The van der Waals surface area contributed by atoms with Gasteiger partial charge in [0, 0.05) is 5.41 Å². The molecule has 2 nitrogen and oxygen atoms in total. The molecule has 0 atom stereocenters. The number of rotatable bonds is 2. The molecule has 0 unspecified atom stereocenters. The molecule has 0 saturated heterocycles. The molecule has 3 rings (SSSR count). The minimum atomic E-state index is -0.395. The number of phenolic OH excluding ortho intramolecular Hbond substituents is 2. The van der Waals surface area contributed by atoms with Crippen LogP contribution < -0.4 is 0 Å². The fourth-order valence-electron chi connectivity index (χ4n) is 4.13. The van der Waals surface area contributed by atoms with Crippen LogP contribution in [0.4, 0.5) is 0 Å². The Labute approximate surface area is 177 Å². The molecule has 2 aromatic carbocycles. The third kappa shape index (κ3) is 4.85. The van der Waals surface area contributed by atoms with Crippen LogP contribution >= 0.6 is 23.2 Å². The van der Waals surface area contributed by atoms with E-state index in [-0.39, 0.29) is 11.5 Å². The van der Waals surface area contributed by atoms with Crippen LogP contribution in [0, 0.1) is 0 Å². The summed E-state index contributed by atoms with van der Waals surface area (Å²) in [6.45, 7) is 0. The van der Waals surface area contributed by atoms with Crippen molar-refractivity contribution in [1.82, 2.24) is 0 Å². The first-order valence-corrected chi connectivity index (χ1v) is 10.9. The SMILES string of the molecule is Oc1ccc(C2(c3ccc(O)c(Cl)c3)/C=C\CCCCCCCCC2)cc1Cl. The van der Waals surface area contributed by atoms with Crippen molar-refractivity contribution < 1.29 is 10.2 Å². The minimum absolute atomic E-state index is 0.0847. The molecular formula is C24H28Cl2O2. The first-order valence-electron chi connectivity index (χ1n) is 10.2. The lowest BCUT2D eigenvalue weighted by Crippen LogP contribution is -2.25. The molecule has 0 heterocycles. The second-order valence-corrected chi connectivity index (χ2v) is 8.53. The van der Waals surface area contributed by atoms with Gasteiger partial charge in [0.2, 0.25) is 0 Å². The smallest absolute Gasteiger partial charge is 0.134 e. The highest BCUT2D eigenvalue weighted by Gasteiger charge is 2.32. The normalized spacial score (nSPS) is 19.4. The number of benzene rings is 2. The third-order valence-corrected chi connectivity index (χ3v) is 6.38. The lowest BCUT2D eigenvalue weighted by Gasteiger charge is -2.33. The van der Waals surface area contributed by atoms with Crippen molar-refractivity contribution in [3.8, 4) is 11.5 Å². The summed E-state index contributed by atoms with van der Waals surface area (Å²) in [7, 11) is 0. The molecule has 28 heavy (non-hydrogen) atoms. The molecule has 0 fully saturated rings. The molecule has 4 heteroatoms. The summed E-state index contributed by atoms with van der Waals surface area (Å²) >= 11 is 12.6. The van der Waals surface area contributed by atoms with Crippen molar-refractivity contribution >= 4 is 23.2 Å². The van der Waals surface area contributed by atoms with Gasteiger partial charge in [-0.15, -0.1) is 0 Å². The summed E-state index contributed by atoms with van der Waals surface area (Å²) in [6.07, 6.45) is 15.1. The predicted molar refractivity (Wildman–Crippen MR) is 118 cm³/mol. The van der Waals surface area contributed by atoms with Gasteiger partial charge in [0.1, 0.15) is 11.5 Å². The van der Waals surface area contributed by atoms with Crippen molar-refractivity contribution in [3.05, 3.63) is 69.7 Å². The van der Waals surface area contributed by atoms with Gasteiger partial charge in [-0.25, -0.2) is 0 Å². The van der Waals surface area contributed by atoms with Crippen LogP contribution in [0.5, 0.6) is 11.5 Å². The number of aromatic hydroxyl groups is 2. The fraction of sp³-hybridized carbons (Fsp3) is 0.417. The van der Waals surface area contributed by atoms with Crippen molar-refractivity contribution in [2.45, 2.75) is 63.2 Å². The Morgan fingerprint density at radius 1 is 0.679 bits per heavy atom. The quantitative estimate of drug-likeness (QED) is 0.488. The van der Waals surface area contributed by atoms with Gasteiger partial charge in [0.25, 0.3) is 0 Å². The molecule has 0 amide bonds. The fourth-order valence-corrected chi connectivity index (χ4v) is 4.50. The number of phenols is 2. The maximum absolute atomic E-state index is 9.92. The van der Waals surface area contributed by atoms with Crippen molar-refractivity contribution in [2.75, 3.05) is 0 Å². The Morgan fingerprint density at radius 2 is 1.18 bits per heavy atom. The highest BCUT2D eigenvalue weighted by atomic mass is 35.5. The van der Waals surface area contributed by atoms with E-state index >= 15 is 0 Å². The third-order valence-electron chi connectivity index (χ3n) is 5.77. The first-order chi connectivity index (χ1) is 13.5. The Bertz CT molecular complexity index is 778. The van der Waals surface area contributed by atoms with Gasteiger partial charge in [-0.05, 0) is 54.7 Å². The van der Waals surface area contributed by atoms with Crippen LogP contribution in [-0.4, -0.2) is 10.2 Å². The van der Waals surface area contributed by atoms with Crippen LogP contribution in [0.1, 0.15) is 68.9 Å². The highest BCUT2D eigenvalue weighted by molar-refractivity contribution is 6.32. The van der Waals surface area contributed by atoms with Crippen molar-refractivity contribution in [3.63, 3.8) is 0 Å². The van der Waals surface area contributed by atoms with E-state index in [4.69, 9.17) is 23.2 Å². The molecule has 150 valence electrons. The Morgan fingerprint density at radius 3 is 1.71 bits per heavy atom. The second kappa shape index (κ2) is 9.71. The summed E-state index contributed by atoms with van der Waals surface area (Å²) in [4.78, 5) is 0. The standard InChI is InChI=1S/C24H28Cl2O2/c25-20-16-18(10-12-22(20)27)24(19-11-13-23(28)21(26)17-19)14-8-6-4-2-1-3-5-7-9-15-24/h8,10-14,16-17,27-28H,1-7,9,15H2/b14-8-. The molecule has 0 bridgehead atoms. The zero-order valence-corrected chi connectivity index (χ0v) is 17.6. The molecule has 0 radical (unpaired) electrons. The summed E-state index contributed by atoms with van der Waals surface area (Å²) in [5.74, 6) is 0.169. The van der Waals surface area contributed by atoms with Gasteiger partial charge in [-0.2, -0.15) is 0 Å². The molecule has 0 spiro atoms. The van der Waals surface area contributed by atoms with Crippen LogP contribution in [-0.2, 0) is 5.41 Å². The van der Waals surface area contributed by atoms with Gasteiger partial charge in [0.15, 0.2) is 0 Å². The van der Waals surface area contributed by atoms with Gasteiger partial charge in [-0.3, -0.25) is 0 Å². The van der Waals surface area contributed by atoms with Gasteiger partial charge in [0.05, 0.1) is 10.0 Å². The number of allylic oxidation sites excluding steroid dienone is 2.